The summed E-state index contributed by atoms with van der Waals surface area (Å²) in [7, 11) is 1.68. The molecular weight excluding hydrogens is 318 g/mol. The molecule has 0 amide bonds. The number of benzene rings is 1. The molecule has 0 saturated heterocycles. The van der Waals surface area contributed by atoms with Crippen LogP contribution in [0, 0.1) is 0 Å². The van der Waals surface area contributed by atoms with Crippen LogP contribution in [0.2, 0.25) is 0 Å². The second-order valence-electron chi connectivity index (χ2n) is 6.25. The molecule has 3 nitrogen and oxygen atoms in total. The van der Waals surface area contributed by atoms with Crippen LogP contribution in [0.15, 0.2) is 16.6 Å². The van der Waals surface area contributed by atoms with E-state index in [0.29, 0.717) is 6.10 Å². The van der Waals surface area contributed by atoms with Crippen molar-refractivity contribution >= 4 is 15.9 Å². The first-order valence-electron chi connectivity index (χ1n) is 7.21. The van der Waals surface area contributed by atoms with E-state index in [1.54, 1.807) is 7.11 Å². The highest BCUT2D eigenvalue weighted by Crippen LogP contribution is 2.40. The van der Waals surface area contributed by atoms with Gasteiger partial charge in [0.05, 0.1) is 13.2 Å². The molecule has 1 aliphatic carbocycles. The Morgan fingerprint density at radius 3 is 2.50 bits per heavy atom. The third-order valence-corrected chi connectivity index (χ3v) is 4.35. The van der Waals surface area contributed by atoms with Crippen LogP contribution in [0.25, 0.3) is 0 Å². The van der Waals surface area contributed by atoms with Crippen LogP contribution in [0.1, 0.15) is 45.1 Å². The summed E-state index contributed by atoms with van der Waals surface area (Å²) in [5.41, 5.74) is 7.00. The minimum atomic E-state index is -0.289. The molecule has 1 aliphatic rings. The first-order valence-corrected chi connectivity index (χ1v) is 8.01. The highest BCUT2D eigenvalue weighted by molar-refractivity contribution is 9.10. The van der Waals surface area contributed by atoms with E-state index in [0.717, 1.165) is 40.8 Å². The van der Waals surface area contributed by atoms with E-state index in [1.165, 1.54) is 12.8 Å². The summed E-state index contributed by atoms with van der Waals surface area (Å²) in [6.07, 6.45) is 5.80. The van der Waals surface area contributed by atoms with E-state index < -0.39 is 0 Å². The first kappa shape index (κ1) is 15.6. The molecule has 1 aromatic carbocycles. The second kappa shape index (κ2) is 6.35. The normalized spacial score (nSPS) is 16.4. The number of halogens is 1. The van der Waals surface area contributed by atoms with Crippen molar-refractivity contribution in [2.75, 3.05) is 7.11 Å². The molecule has 0 radical (unpaired) electrons. The number of methoxy groups -OCH3 is 1. The fraction of sp³-hybridized carbons (Fsp3) is 0.625. The molecule has 20 heavy (non-hydrogen) atoms. The lowest BCUT2D eigenvalue weighted by molar-refractivity contribution is 0.197. The van der Waals surface area contributed by atoms with Gasteiger partial charge in [-0.2, -0.15) is 0 Å². The molecule has 0 aliphatic heterocycles. The zero-order valence-corrected chi connectivity index (χ0v) is 14.1. The van der Waals surface area contributed by atoms with Gasteiger partial charge in [0.2, 0.25) is 0 Å². The third kappa shape index (κ3) is 3.89. The third-order valence-electron chi connectivity index (χ3n) is 3.61. The van der Waals surface area contributed by atoms with Gasteiger partial charge < -0.3 is 15.2 Å². The Hall–Kier alpha value is -0.740. The second-order valence-corrected chi connectivity index (χ2v) is 7.10. The lowest BCUT2D eigenvalue weighted by Crippen LogP contribution is -2.34. The summed E-state index contributed by atoms with van der Waals surface area (Å²) in [6.45, 7) is 4.05. The van der Waals surface area contributed by atoms with E-state index >= 15 is 0 Å². The largest absolute Gasteiger partial charge is 0.493 e. The molecule has 2 N–H and O–H groups in total. The van der Waals surface area contributed by atoms with Gasteiger partial charge in [0.15, 0.2) is 11.5 Å². The van der Waals surface area contributed by atoms with Crippen molar-refractivity contribution < 1.29 is 9.47 Å². The van der Waals surface area contributed by atoms with Gasteiger partial charge in [0, 0.05) is 15.6 Å². The fourth-order valence-corrected chi connectivity index (χ4v) is 3.12. The van der Waals surface area contributed by atoms with E-state index in [-0.39, 0.29) is 5.54 Å². The molecule has 0 atom stereocenters. The van der Waals surface area contributed by atoms with Crippen LogP contribution >= 0.6 is 15.9 Å². The number of ether oxygens (including phenoxy) is 2. The minimum Gasteiger partial charge on any atom is -0.493 e. The molecule has 0 spiro atoms. The average Bonchev–Trinajstić information content (AvgIpc) is 2.85. The van der Waals surface area contributed by atoms with Gasteiger partial charge >= 0.3 is 0 Å². The van der Waals surface area contributed by atoms with Crippen molar-refractivity contribution in [2.24, 2.45) is 5.73 Å². The van der Waals surface area contributed by atoms with Crippen molar-refractivity contribution in [2.45, 2.75) is 57.6 Å². The zero-order chi connectivity index (χ0) is 14.8. The number of rotatable bonds is 5. The van der Waals surface area contributed by atoms with Crippen molar-refractivity contribution in [1.29, 1.82) is 0 Å². The quantitative estimate of drug-likeness (QED) is 0.878. The minimum absolute atomic E-state index is 0.289. The van der Waals surface area contributed by atoms with Crippen LogP contribution in [-0.4, -0.2) is 18.8 Å². The molecule has 1 aromatic rings. The van der Waals surface area contributed by atoms with Crippen molar-refractivity contribution in [3.05, 3.63) is 22.2 Å². The summed E-state index contributed by atoms with van der Waals surface area (Å²) >= 11 is 3.62. The molecule has 0 aromatic heterocycles. The lowest BCUT2D eigenvalue weighted by atomic mass is 9.95. The molecule has 0 bridgehead atoms. The highest BCUT2D eigenvalue weighted by Gasteiger charge is 2.24. The van der Waals surface area contributed by atoms with Crippen molar-refractivity contribution in [1.82, 2.24) is 0 Å². The van der Waals surface area contributed by atoms with Gasteiger partial charge in [0.25, 0.3) is 0 Å². The molecule has 112 valence electrons. The average molecular weight is 342 g/mol. The summed E-state index contributed by atoms with van der Waals surface area (Å²) in [5, 5.41) is 0. The standard InChI is InChI=1S/C16H24BrNO2/c1-16(2,18)10-12-13(17)8-9-14(19-3)15(12)20-11-6-4-5-7-11/h8-9,11H,4-7,10,18H2,1-3H3. The molecule has 4 heteroatoms. The Morgan fingerprint density at radius 2 is 1.95 bits per heavy atom. The maximum absolute atomic E-state index is 6.24. The number of nitrogens with two attached hydrogens (primary N) is 1. The monoisotopic (exact) mass is 341 g/mol. The van der Waals surface area contributed by atoms with Crippen LogP contribution in [0.3, 0.4) is 0 Å². The number of hydrogen-bond acceptors (Lipinski definition) is 3. The summed E-state index contributed by atoms with van der Waals surface area (Å²) < 4.78 is 12.8. The Bertz CT molecular complexity index is 462. The van der Waals surface area contributed by atoms with E-state index in [4.69, 9.17) is 15.2 Å². The zero-order valence-electron chi connectivity index (χ0n) is 12.5. The maximum atomic E-state index is 6.24. The molecule has 0 heterocycles. The summed E-state index contributed by atoms with van der Waals surface area (Å²) in [4.78, 5) is 0. The Labute approximate surface area is 130 Å². The molecule has 2 rings (SSSR count). The van der Waals surface area contributed by atoms with Gasteiger partial charge in [-0.05, 0) is 58.1 Å². The Kier molecular flexibility index (Phi) is 4.97. The van der Waals surface area contributed by atoms with Crippen molar-refractivity contribution in [3.8, 4) is 11.5 Å². The van der Waals surface area contributed by atoms with Gasteiger partial charge in [-0.1, -0.05) is 15.9 Å². The highest BCUT2D eigenvalue weighted by atomic mass is 79.9. The molecule has 1 saturated carbocycles. The predicted octanol–water partition coefficient (Wildman–Crippen LogP) is 4.06. The molecule has 0 unspecified atom stereocenters. The van der Waals surface area contributed by atoms with E-state index in [2.05, 4.69) is 15.9 Å². The predicted molar refractivity (Wildman–Crippen MR) is 85.5 cm³/mol. The topological polar surface area (TPSA) is 44.5 Å². The Balaban J connectivity index is 2.35. The molecular formula is C16H24BrNO2. The van der Waals surface area contributed by atoms with Gasteiger partial charge in [-0.25, -0.2) is 0 Å². The molecule has 1 fully saturated rings. The SMILES string of the molecule is COc1ccc(Br)c(CC(C)(C)N)c1OC1CCCC1. The van der Waals surface area contributed by atoms with Gasteiger partial charge in [-0.3, -0.25) is 0 Å². The Morgan fingerprint density at radius 1 is 1.30 bits per heavy atom. The first-order chi connectivity index (χ1) is 9.40. The van der Waals surface area contributed by atoms with E-state index in [9.17, 15) is 0 Å². The van der Waals surface area contributed by atoms with E-state index in [1.807, 2.05) is 26.0 Å². The smallest absolute Gasteiger partial charge is 0.165 e. The van der Waals surface area contributed by atoms with Gasteiger partial charge in [0.1, 0.15) is 0 Å². The van der Waals surface area contributed by atoms with Crippen LogP contribution in [0.4, 0.5) is 0 Å². The fourth-order valence-electron chi connectivity index (χ4n) is 2.67. The van der Waals surface area contributed by atoms with Crippen LogP contribution in [0.5, 0.6) is 11.5 Å². The lowest BCUT2D eigenvalue weighted by Gasteiger charge is -2.24. The van der Waals surface area contributed by atoms with Crippen LogP contribution in [-0.2, 0) is 6.42 Å². The van der Waals surface area contributed by atoms with Crippen LogP contribution < -0.4 is 15.2 Å². The summed E-state index contributed by atoms with van der Waals surface area (Å²) in [6, 6.07) is 3.95. The summed E-state index contributed by atoms with van der Waals surface area (Å²) in [5.74, 6) is 1.65. The maximum Gasteiger partial charge on any atom is 0.165 e. The van der Waals surface area contributed by atoms with Gasteiger partial charge in [-0.15, -0.1) is 0 Å². The number of hydrogen-bond donors (Lipinski definition) is 1. The van der Waals surface area contributed by atoms with Crippen molar-refractivity contribution in [3.63, 3.8) is 0 Å².